The quantitative estimate of drug-likeness (QED) is 0.295. The van der Waals surface area contributed by atoms with Crippen LogP contribution in [0.4, 0.5) is 0 Å². The number of ether oxygens (including phenoxy) is 1. The lowest BCUT2D eigenvalue weighted by atomic mass is 10.0. The number of nitrogens with one attached hydrogen (secondary N) is 1. The van der Waals surface area contributed by atoms with Crippen LogP contribution < -0.4 is 10.2 Å². The van der Waals surface area contributed by atoms with Gasteiger partial charge in [-0.25, -0.2) is 9.97 Å². The van der Waals surface area contributed by atoms with Crippen molar-refractivity contribution in [3.05, 3.63) is 69.2 Å². The molecule has 0 aliphatic rings. The van der Waals surface area contributed by atoms with E-state index in [9.17, 15) is 4.79 Å². The Labute approximate surface area is 183 Å². The van der Waals surface area contributed by atoms with Crippen molar-refractivity contribution in [2.24, 2.45) is 0 Å². The first-order valence-corrected chi connectivity index (χ1v) is 11.7. The molecule has 154 valence electrons. The Hall–Kier alpha value is -2.64. The summed E-state index contributed by atoms with van der Waals surface area (Å²) in [6.45, 7) is 6.60. The molecule has 30 heavy (non-hydrogen) atoms. The van der Waals surface area contributed by atoms with Gasteiger partial charge in [-0.3, -0.25) is 4.79 Å². The number of aryl methyl sites for hydroxylation is 2. The first kappa shape index (κ1) is 20.6. The summed E-state index contributed by atoms with van der Waals surface area (Å²) < 4.78 is 5.47. The van der Waals surface area contributed by atoms with Crippen molar-refractivity contribution in [3.8, 4) is 16.9 Å². The number of H-pyrrole nitrogens is 1. The van der Waals surface area contributed by atoms with Gasteiger partial charge in [0.1, 0.15) is 15.7 Å². The Bertz CT molecular complexity index is 1230. The number of thiophene rings is 1. The molecule has 4 rings (SSSR count). The van der Waals surface area contributed by atoms with Gasteiger partial charge < -0.3 is 9.72 Å². The number of aromatic amines is 1. The smallest absolute Gasteiger partial charge is 0.223 e. The van der Waals surface area contributed by atoms with Gasteiger partial charge in [0, 0.05) is 34.2 Å². The largest absolute Gasteiger partial charge is 0.488 e. The van der Waals surface area contributed by atoms with Crippen molar-refractivity contribution in [2.75, 3.05) is 6.61 Å². The second-order valence-electron chi connectivity index (χ2n) is 6.98. The van der Waals surface area contributed by atoms with Crippen LogP contribution in [0.1, 0.15) is 29.7 Å². The lowest BCUT2D eigenvalue weighted by molar-refractivity contribution is 0.313. The average Bonchev–Trinajstić information content (AvgIpc) is 3.07. The third-order valence-electron chi connectivity index (χ3n) is 4.63. The number of rotatable bonds is 7. The second-order valence-corrected chi connectivity index (χ2v) is 9.15. The maximum atomic E-state index is 12.3. The molecular weight excluding hydrogens is 414 g/mol. The van der Waals surface area contributed by atoms with Gasteiger partial charge in [-0.2, -0.15) is 0 Å². The van der Waals surface area contributed by atoms with Crippen molar-refractivity contribution in [1.82, 2.24) is 15.0 Å². The molecular formula is C23H23N3O2S2. The molecule has 3 aromatic heterocycles. The average molecular weight is 438 g/mol. The fraction of sp³-hybridized carbons (Fsp3) is 0.261. The molecule has 1 aromatic carbocycles. The summed E-state index contributed by atoms with van der Waals surface area (Å²) >= 11 is 3.31. The fourth-order valence-corrected chi connectivity index (χ4v) is 5.45. The van der Waals surface area contributed by atoms with Gasteiger partial charge >= 0.3 is 0 Å². The summed E-state index contributed by atoms with van der Waals surface area (Å²) in [5, 5.41) is 2.03. The van der Waals surface area contributed by atoms with Crippen LogP contribution in [0, 0.1) is 13.8 Å². The van der Waals surface area contributed by atoms with Crippen LogP contribution in [0.3, 0.4) is 0 Å². The number of aromatic nitrogens is 3. The Morgan fingerprint density at radius 3 is 2.70 bits per heavy atom. The summed E-state index contributed by atoms with van der Waals surface area (Å²) in [6, 6.07) is 12.0. The van der Waals surface area contributed by atoms with Gasteiger partial charge in [-0.15, -0.1) is 11.3 Å². The monoisotopic (exact) mass is 437 g/mol. The van der Waals surface area contributed by atoms with Gasteiger partial charge in [0.15, 0.2) is 5.75 Å². The number of benzene rings is 1. The Balaban J connectivity index is 1.68. The standard InChI is InChI=1S/C23H23N3O2S2/c1-4-10-28-19-12-24-17(11-18(19)27)13-29-22-21-20(16-8-6-5-7-9-16)14(2)30-23(21)26-15(3)25-22/h5-9,11-12H,4,10,13H2,1-3H3,(H,24,27). The van der Waals surface area contributed by atoms with Gasteiger partial charge in [-0.05, 0) is 25.8 Å². The van der Waals surface area contributed by atoms with Gasteiger partial charge in [0.25, 0.3) is 0 Å². The van der Waals surface area contributed by atoms with Crippen molar-refractivity contribution < 1.29 is 4.74 Å². The minimum Gasteiger partial charge on any atom is -0.488 e. The number of hydrogen-bond acceptors (Lipinski definition) is 6. The predicted octanol–water partition coefficient (Wildman–Crippen LogP) is 5.74. The molecule has 0 atom stereocenters. The maximum absolute atomic E-state index is 12.3. The highest BCUT2D eigenvalue weighted by Crippen LogP contribution is 2.42. The Morgan fingerprint density at radius 1 is 1.17 bits per heavy atom. The maximum Gasteiger partial charge on any atom is 0.223 e. The van der Waals surface area contributed by atoms with Crippen molar-refractivity contribution in [3.63, 3.8) is 0 Å². The molecule has 0 aliphatic heterocycles. The van der Waals surface area contributed by atoms with Crippen LogP contribution in [0.15, 0.2) is 52.4 Å². The van der Waals surface area contributed by atoms with Crippen LogP contribution in [-0.4, -0.2) is 21.6 Å². The normalized spacial score (nSPS) is 11.2. The molecule has 0 unspecified atom stereocenters. The number of hydrogen-bond donors (Lipinski definition) is 1. The fourth-order valence-electron chi connectivity index (χ4n) is 3.29. The molecule has 0 saturated carbocycles. The third kappa shape index (κ3) is 4.27. The lowest BCUT2D eigenvalue weighted by Gasteiger charge is -2.08. The molecule has 4 aromatic rings. The molecule has 3 heterocycles. The van der Waals surface area contributed by atoms with Crippen LogP contribution in [0.2, 0.25) is 0 Å². The Kier molecular flexibility index (Phi) is 6.20. The van der Waals surface area contributed by atoms with E-state index < -0.39 is 0 Å². The molecule has 0 saturated heterocycles. The van der Waals surface area contributed by atoms with E-state index in [1.165, 1.54) is 16.0 Å². The second kappa shape index (κ2) is 9.02. The molecule has 1 N–H and O–H groups in total. The van der Waals surface area contributed by atoms with Crippen LogP contribution >= 0.6 is 23.1 Å². The molecule has 0 bridgehead atoms. The molecule has 0 amide bonds. The third-order valence-corrected chi connectivity index (χ3v) is 6.65. The van der Waals surface area contributed by atoms with Gasteiger partial charge in [0.05, 0.1) is 12.0 Å². The van der Waals surface area contributed by atoms with E-state index >= 15 is 0 Å². The first-order chi connectivity index (χ1) is 14.6. The molecule has 0 spiro atoms. The molecule has 0 fully saturated rings. The molecule has 7 heteroatoms. The Morgan fingerprint density at radius 2 is 1.97 bits per heavy atom. The molecule has 5 nitrogen and oxygen atoms in total. The number of thioether (sulfide) groups is 1. The van der Waals surface area contributed by atoms with E-state index in [-0.39, 0.29) is 5.43 Å². The topological polar surface area (TPSA) is 67.9 Å². The van der Waals surface area contributed by atoms with Gasteiger partial charge in [0.2, 0.25) is 5.43 Å². The van der Waals surface area contributed by atoms with E-state index in [2.05, 4.69) is 29.0 Å². The van der Waals surface area contributed by atoms with Gasteiger partial charge in [-0.1, -0.05) is 49.0 Å². The summed E-state index contributed by atoms with van der Waals surface area (Å²) in [5.74, 6) is 1.73. The van der Waals surface area contributed by atoms with E-state index in [0.717, 1.165) is 33.2 Å². The number of nitrogens with zero attached hydrogens (tertiary/aromatic N) is 2. The predicted molar refractivity (Wildman–Crippen MR) is 125 cm³/mol. The van der Waals surface area contributed by atoms with Crippen LogP contribution in [-0.2, 0) is 5.75 Å². The zero-order valence-corrected chi connectivity index (χ0v) is 18.8. The van der Waals surface area contributed by atoms with Crippen LogP contribution in [0.25, 0.3) is 21.3 Å². The van der Waals surface area contributed by atoms with E-state index in [4.69, 9.17) is 9.72 Å². The first-order valence-electron chi connectivity index (χ1n) is 9.87. The van der Waals surface area contributed by atoms with Crippen molar-refractivity contribution in [1.29, 1.82) is 0 Å². The van der Waals surface area contributed by atoms with E-state index in [1.807, 2.05) is 32.0 Å². The SMILES string of the molecule is CCCOc1c[nH]c(CSc2nc(C)nc3sc(C)c(-c4ccccc4)c23)cc1=O. The number of fused-ring (bicyclic) bond motifs is 1. The summed E-state index contributed by atoms with van der Waals surface area (Å²) in [4.78, 5) is 27.1. The van der Waals surface area contributed by atoms with Crippen molar-refractivity contribution in [2.45, 2.75) is 38.0 Å². The van der Waals surface area contributed by atoms with E-state index in [0.29, 0.717) is 18.1 Å². The molecule has 0 radical (unpaired) electrons. The van der Waals surface area contributed by atoms with E-state index in [1.54, 1.807) is 35.4 Å². The minimum atomic E-state index is -0.0989. The highest BCUT2D eigenvalue weighted by molar-refractivity contribution is 7.98. The highest BCUT2D eigenvalue weighted by atomic mass is 32.2. The highest BCUT2D eigenvalue weighted by Gasteiger charge is 2.18. The summed E-state index contributed by atoms with van der Waals surface area (Å²) in [6.07, 6.45) is 2.52. The zero-order valence-electron chi connectivity index (χ0n) is 17.2. The minimum absolute atomic E-state index is 0.0989. The zero-order chi connectivity index (χ0) is 21.1. The van der Waals surface area contributed by atoms with Crippen LogP contribution in [0.5, 0.6) is 5.75 Å². The summed E-state index contributed by atoms with van der Waals surface area (Å²) in [5.41, 5.74) is 3.10. The molecule has 0 aliphatic carbocycles. The lowest BCUT2D eigenvalue weighted by Crippen LogP contribution is -2.09. The van der Waals surface area contributed by atoms with Crippen molar-refractivity contribution >= 4 is 33.3 Å². The number of pyridine rings is 1. The summed E-state index contributed by atoms with van der Waals surface area (Å²) in [7, 11) is 0.